The molecule has 2 fully saturated rings. The fraction of sp³-hybridized carbons (Fsp3) is 0.600. The molecule has 1 N–H and O–H groups in total. The van der Waals surface area contributed by atoms with Crippen molar-refractivity contribution < 1.29 is 4.74 Å². The van der Waals surface area contributed by atoms with E-state index in [2.05, 4.69) is 36.5 Å². The maximum Gasteiger partial charge on any atom is 0.120 e. The van der Waals surface area contributed by atoms with Gasteiger partial charge in [-0.15, -0.1) is 0 Å². The lowest BCUT2D eigenvalue weighted by Gasteiger charge is -2.30. The van der Waals surface area contributed by atoms with Gasteiger partial charge in [0, 0.05) is 6.04 Å². The van der Waals surface area contributed by atoms with E-state index >= 15 is 0 Å². The number of rotatable bonds is 3. The zero-order chi connectivity index (χ0) is 11.7. The fourth-order valence-electron chi connectivity index (χ4n) is 2.66. The van der Waals surface area contributed by atoms with E-state index in [9.17, 15) is 0 Å². The highest BCUT2D eigenvalue weighted by molar-refractivity contribution is 5.31. The van der Waals surface area contributed by atoms with Gasteiger partial charge in [-0.05, 0) is 55.8 Å². The van der Waals surface area contributed by atoms with Gasteiger partial charge in [-0.3, -0.25) is 0 Å². The smallest absolute Gasteiger partial charge is 0.120 e. The van der Waals surface area contributed by atoms with Gasteiger partial charge in [-0.1, -0.05) is 19.1 Å². The van der Waals surface area contributed by atoms with Crippen LogP contribution in [0.1, 0.15) is 44.2 Å². The van der Waals surface area contributed by atoms with Crippen LogP contribution in [0.25, 0.3) is 0 Å². The van der Waals surface area contributed by atoms with Gasteiger partial charge in [0.1, 0.15) is 5.75 Å². The number of hydrogen-bond acceptors (Lipinski definition) is 2. The predicted octanol–water partition coefficient (Wildman–Crippen LogP) is 3.29. The van der Waals surface area contributed by atoms with Crippen LogP contribution in [-0.2, 0) is 0 Å². The van der Waals surface area contributed by atoms with Crippen LogP contribution in [0, 0.1) is 5.92 Å². The van der Waals surface area contributed by atoms with Gasteiger partial charge < -0.3 is 10.1 Å². The Morgan fingerprint density at radius 3 is 2.88 bits per heavy atom. The Morgan fingerprint density at radius 2 is 2.12 bits per heavy atom. The molecule has 2 aliphatic rings. The molecular weight excluding hydrogens is 210 g/mol. The SMILES string of the molecule is CC1CCCNC1c1cccc(OC2CC2)c1. The van der Waals surface area contributed by atoms with Gasteiger partial charge in [0.15, 0.2) is 0 Å². The van der Waals surface area contributed by atoms with Crippen molar-refractivity contribution in [1.82, 2.24) is 5.32 Å². The summed E-state index contributed by atoms with van der Waals surface area (Å²) in [5.74, 6) is 1.77. The Labute approximate surface area is 103 Å². The molecule has 1 heterocycles. The Morgan fingerprint density at radius 1 is 1.24 bits per heavy atom. The Kier molecular flexibility index (Phi) is 3.06. The summed E-state index contributed by atoms with van der Waals surface area (Å²) >= 11 is 0. The molecule has 2 atom stereocenters. The first-order chi connectivity index (χ1) is 8.33. The largest absolute Gasteiger partial charge is 0.490 e. The van der Waals surface area contributed by atoms with Gasteiger partial charge in [-0.2, -0.15) is 0 Å². The van der Waals surface area contributed by atoms with Gasteiger partial charge in [-0.25, -0.2) is 0 Å². The van der Waals surface area contributed by atoms with E-state index in [0.29, 0.717) is 12.1 Å². The van der Waals surface area contributed by atoms with Crippen LogP contribution in [0.5, 0.6) is 5.75 Å². The Hall–Kier alpha value is -1.02. The summed E-state index contributed by atoms with van der Waals surface area (Å²) in [6.07, 6.45) is 5.56. The molecule has 92 valence electrons. The minimum Gasteiger partial charge on any atom is -0.490 e. The first-order valence-electron chi connectivity index (χ1n) is 6.83. The molecule has 1 aromatic carbocycles. The van der Waals surface area contributed by atoms with Crippen LogP contribution in [0.4, 0.5) is 0 Å². The van der Waals surface area contributed by atoms with Crippen LogP contribution >= 0.6 is 0 Å². The molecule has 0 spiro atoms. The third-order valence-electron chi connectivity index (χ3n) is 3.81. The van der Waals surface area contributed by atoms with Crippen molar-refractivity contribution in [3.63, 3.8) is 0 Å². The third kappa shape index (κ3) is 2.63. The first-order valence-corrected chi connectivity index (χ1v) is 6.83. The van der Waals surface area contributed by atoms with Crippen LogP contribution < -0.4 is 10.1 Å². The van der Waals surface area contributed by atoms with Crippen molar-refractivity contribution in [3.05, 3.63) is 29.8 Å². The normalized spacial score (nSPS) is 29.0. The minimum atomic E-state index is 0.488. The number of nitrogens with one attached hydrogen (secondary N) is 1. The zero-order valence-electron chi connectivity index (χ0n) is 10.5. The number of ether oxygens (including phenoxy) is 1. The standard InChI is InChI=1S/C15H21NO/c1-11-4-3-9-16-15(11)12-5-2-6-14(10-12)17-13-7-8-13/h2,5-6,10-11,13,15-16H,3-4,7-9H2,1H3. The number of hydrogen-bond donors (Lipinski definition) is 1. The lowest BCUT2D eigenvalue weighted by Crippen LogP contribution is -2.32. The van der Waals surface area contributed by atoms with Crippen molar-refractivity contribution in [2.45, 2.75) is 44.8 Å². The number of benzene rings is 1. The summed E-state index contributed by atoms with van der Waals surface area (Å²) in [5, 5.41) is 3.63. The molecule has 0 bridgehead atoms. The van der Waals surface area contributed by atoms with Crippen molar-refractivity contribution in [2.24, 2.45) is 5.92 Å². The fourth-order valence-corrected chi connectivity index (χ4v) is 2.66. The van der Waals surface area contributed by atoms with Gasteiger partial charge in [0.05, 0.1) is 6.10 Å². The lowest BCUT2D eigenvalue weighted by molar-refractivity contribution is 0.294. The second-order valence-corrected chi connectivity index (χ2v) is 5.44. The molecule has 1 saturated heterocycles. The highest BCUT2D eigenvalue weighted by Crippen LogP contribution is 2.32. The highest BCUT2D eigenvalue weighted by atomic mass is 16.5. The third-order valence-corrected chi connectivity index (χ3v) is 3.81. The molecule has 0 aromatic heterocycles. The summed E-state index contributed by atoms with van der Waals surface area (Å²) < 4.78 is 5.86. The average molecular weight is 231 g/mol. The molecule has 2 unspecified atom stereocenters. The molecule has 0 radical (unpaired) electrons. The van der Waals surface area contributed by atoms with E-state index < -0.39 is 0 Å². The Balaban J connectivity index is 1.76. The quantitative estimate of drug-likeness (QED) is 0.862. The summed E-state index contributed by atoms with van der Waals surface area (Å²) in [4.78, 5) is 0. The minimum absolute atomic E-state index is 0.488. The topological polar surface area (TPSA) is 21.3 Å². The summed E-state index contributed by atoms with van der Waals surface area (Å²) in [5.41, 5.74) is 1.38. The molecule has 1 aliphatic carbocycles. The molecule has 3 rings (SSSR count). The number of piperidine rings is 1. The molecule has 17 heavy (non-hydrogen) atoms. The van der Waals surface area contributed by atoms with Crippen LogP contribution in [0.3, 0.4) is 0 Å². The molecule has 0 amide bonds. The van der Waals surface area contributed by atoms with E-state index in [1.807, 2.05) is 0 Å². The van der Waals surface area contributed by atoms with Crippen molar-refractivity contribution >= 4 is 0 Å². The summed E-state index contributed by atoms with van der Waals surface area (Å²) in [6, 6.07) is 9.15. The maximum absolute atomic E-state index is 5.86. The highest BCUT2D eigenvalue weighted by Gasteiger charge is 2.25. The van der Waals surface area contributed by atoms with Crippen LogP contribution in [0.15, 0.2) is 24.3 Å². The molecule has 2 nitrogen and oxygen atoms in total. The van der Waals surface area contributed by atoms with Gasteiger partial charge >= 0.3 is 0 Å². The lowest BCUT2D eigenvalue weighted by atomic mass is 9.88. The molecule has 2 heteroatoms. The maximum atomic E-state index is 5.86. The molecular formula is C15H21NO. The first kappa shape index (κ1) is 11.1. The molecule has 1 aromatic rings. The second kappa shape index (κ2) is 4.69. The average Bonchev–Trinajstić information content (AvgIpc) is 3.14. The monoisotopic (exact) mass is 231 g/mol. The van der Waals surface area contributed by atoms with Gasteiger partial charge in [0.25, 0.3) is 0 Å². The van der Waals surface area contributed by atoms with E-state index in [-0.39, 0.29) is 0 Å². The summed E-state index contributed by atoms with van der Waals surface area (Å²) in [7, 11) is 0. The van der Waals surface area contributed by atoms with Crippen molar-refractivity contribution in [2.75, 3.05) is 6.54 Å². The predicted molar refractivity (Wildman–Crippen MR) is 69.2 cm³/mol. The Bertz CT molecular complexity index is 386. The zero-order valence-corrected chi connectivity index (χ0v) is 10.5. The van der Waals surface area contributed by atoms with Crippen molar-refractivity contribution in [1.29, 1.82) is 0 Å². The van der Waals surface area contributed by atoms with Crippen molar-refractivity contribution in [3.8, 4) is 5.75 Å². The molecule has 1 saturated carbocycles. The molecule has 1 aliphatic heterocycles. The van der Waals surface area contributed by atoms with E-state index in [4.69, 9.17) is 4.74 Å². The van der Waals surface area contributed by atoms with Crippen LogP contribution in [-0.4, -0.2) is 12.6 Å². The van der Waals surface area contributed by atoms with Crippen LogP contribution in [0.2, 0.25) is 0 Å². The second-order valence-electron chi connectivity index (χ2n) is 5.44. The van der Waals surface area contributed by atoms with Gasteiger partial charge in [0.2, 0.25) is 0 Å². The van der Waals surface area contributed by atoms with E-state index in [1.165, 1.54) is 31.2 Å². The summed E-state index contributed by atoms with van der Waals surface area (Å²) in [6.45, 7) is 3.48. The van der Waals surface area contributed by atoms with E-state index in [0.717, 1.165) is 18.2 Å². The van der Waals surface area contributed by atoms with E-state index in [1.54, 1.807) is 0 Å².